The first-order chi connectivity index (χ1) is 9.38. The first kappa shape index (κ1) is 14.2. The van der Waals surface area contributed by atoms with Crippen LogP contribution in [0.4, 0.5) is 0 Å². The third-order valence-electron chi connectivity index (χ3n) is 3.07. The summed E-state index contributed by atoms with van der Waals surface area (Å²) < 4.78 is 24.8. The summed E-state index contributed by atoms with van der Waals surface area (Å²) in [6, 6.07) is 6.85. The minimum absolute atomic E-state index is 0.0100. The summed E-state index contributed by atoms with van der Waals surface area (Å²) in [5, 5.41) is 4.81. The Kier molecular flexibility index (Phi) is 3.49. The average molecular weight is 352 g/mol. The SMILES string of the molecule is O=S(=O)(Cl)c1c(C2CC2)nn(-c2cccc(Cl)c2)c1Cl. The van der Waals surface area contributed by atoms with Crippen LogP contribution in [0, 0.1) is 0 Å². The van der Waals surface area contributed by atoms with Gasteiger partial charge in [0.25, 0.3) is 9.05 Å². The van der Waals surface area contributed by atoms with E-state index in [0.29, 0.717) is 16.4 Å². The van der Waals surface area contributed by atoms with Gasteiger partial charge in [0, 0.05) is 21.6 Å². The molecule has 0 spiro atoms. The molecule has 0 aliphatic heterocycles. The number of hydrogen-bond donors (Lipinski definition) is 0. The molecular weight excluding hydrogens is 343 g/mol. The van der Waals surface area contributed by atoms with E-state index in [4.69, 9.17) is 33.9 Å². The van der Waals surface area contributed by atoms with Crippen LogP contribution in [0.5, 0.6) is 0 Å². The lowest BCUT2D eigenvalue weighted by Gasteiger charge is -2.03. The van der Waals surface area contributed by atoms with Crippen LogP contribution in [0.3, 0.4) is 0 Å². The molecule has 4 nitrogen and oxygen atoms in total. The van der Waals surface area contributed by atoms with Gasteiger partial charge >= 0.3 is 0 Å². The normalized spacial score (nSPS) is 15.6. The smallest absolute Gasteiger partial charge is 0.220 e. The van der Waals surface area contributed by atoms with Crippen molar-refractivity contribution in [3.8, 4) is 5.69 Å². The van der Waals surface area contributed by atoms with Gasteiger partial charge < -0.3 is 0 Å². The summed E-state index contributed by atoms with van der Waals surface area (Å²) in [7, 11) is 1.54. The quantitative estimate of drug-likeness (QED) is 0.786. The maximum Gasteiger partial charge on any atom is 0.266 e. The Morgan fingerprint density at radius 1 is 1.25 bits per heavy atom. The molecule has 0 radical (unpaired) electrons. The summed E-state index contributed by atoms with van der Waals surface area (Å²) in [5.74, 6) is 0.108. The van der Waals surface area contributed by atoms with Crippen molar-refractivity contribution >= 4 is 42.9 Å². The van der Waals surface area contributed by atoms with E-state index in [1.807, 2.05) is 0 Å². The Bertz CT molecular complexity index is 782. The molecular formula is C12H9Cl3N2O2S. The summed E-state index contributed by atoms with van der Waals surface area (Å²) in [5.41, 5.74) is 1.03. The predicted octanol–water partition coefficient (Wildman–Crippen LogP) is 3.98. The van der Waals surface area contributed by atoms with Crippen LogP contribution < -0.4 is 0 Å². The van der Waals surface area contributed by atoms with Gasteiger partial charge in [-0.25, -0.2) is 13.1 Å². The van der Waals surface area contributed by atoms with Gasteiger partial charge in [0.2, 0.25) is 0 Å². The second kappa shape index (κ2) is 4.91. The molecule has 20 heavy (non-hydrogen) atoms. The molecule has 8 heteroatoms. The van der Waals surface area contributed by atoms with E-state index < -0.39 is 9.05 Å². The van der Waals surface area contributed by atoms with E-state index in [1.54, 1.807) is 24.3 Å². The minimum atomic E-state index is -3.94. The fraction of sp³-hybridized carbons (Fsp3) is 0.250. The molecule has 0 atom stereocenters. The van der Waals surface area contributed by atoms with Gasteiger partial charge in [-0.05, 0) is 31.0 Å². The molecule has 0 saturated heterocycles. The van der Waals surface area contributed by atoms with Crippen LogP contribution >= 0.6 is 33.9 Å². The van der Waals surface area contributed by atoms with E-state index in [2.05, 4.69) is 5.10 Å². The van der Waals surface area contributed by atoms with Crippen molar-refractivity contribution in [1.82, 2.24) is 9.78 Å². The molecule has 3 rings (SSSR count). The largest absolute Gasteiger partial charge is 0.266 e. The van der Waals surface area contributed by atoms with E-state index >= 15 is 0 Å². The molecule has 2 aromatic rings. The van der Waals surface area contributed by atoms with Crippen LogP contribution in [0.2, 0.25) is 10.2 Å². The molecule has 0 unspecified atom stereocenters. The predicted molar refractivity (Wildman–Crippen MR) is 78.6 cm³/mol. The molecule has 1 aliphatic rings. The van der Waals surface area contributed by atoms with Crippen LogP contribution in [0.25, 0.3) is 5.69 Å². The second-order valence-corrected chi connectivity index (χ2v) is 7.91. The van der Waals surface area contributed by atoms with E-state index in [9.17, 15) is 8.42 Å². The number of hydrogen-bond acceptors (Lipinski definition) is 3. The number of aromatic nitrogens is 2. The van der Waals surface area contributed by atoms with Crippen molar-refractivity contribution in [3.63, 3.8) is 0 Å². The Morgan fingerprint density at radius 3 is 2.50 bits per heavy atom. The molecule has 0 N–H and O–H groups in total. The third kappa shape index (κ3) is 2.55. The molecule has 106 valence electrons. The van der Waals surface area contributed by atoms with Gasteiger partial charge in [0.1, 0.15) is 4.90 Å². The van der Waals surface area contributed by atoms with Gasteiger partial charge in [-0.3, -0.25) is 0 Å². The maximum atomic E-state index is 11.7. The Hall–Kier alpha value is -0.750. The van der Waals surface area contributed by atoms with Crippen molar-refractivity contribution in [2.75, 3.05) is 0 Å². The molecule has 1 aromatic carbocycles. The number of rotatable bonds is 3. The number of nitrogens with zero attached hydrogens (tertiary/aromatic N) is 2. The summed E-state index contributed by atoms with van der Waals surface area (Å²) >= 11 is 12.1. The van der Waals surface area contributed by atoms with Gasteiger partial charge in [-0.2, -0.15) is 5.10 Å². The molecule has 1 aliphatic carbocycles. The van der Waals surface area contributed by atoms with E-state index in [-0.39, 0.29) is 16.0 Å². The van der Waals surface area contributed by atoms with Gasteiger partial charge in [-0.15, -0.1) is 0 Å². The zero-order valence-electron chi connectivity index (χ0n) is 10.1. The van der Waals surface area contributed by atoms with Gasteiger partial charge in [0.05, 0.1) is 11.4 Å². The summed E-state index contributed by atoms with van der Waals surface area (Å²) in [4.78, 5) is -0.0942. The average Bonchev–Trinajstić information content (AvgIpc) is 3.11. The highest BCUT2D eigenvalue weighted by molar-refractivity contribution is 8.13. The zero-order valence-corrected chi connectivity index (χ0v) is 13.1. The summed E-state index contributed by atoms with van der Waals surface area (Å²) in [6.07, 6.45) is 1.78. The maximum absolute atomic E-state index is 11.7. The molecule has 1 saturated carbocycles. The standard InChI is InChI=1S/C12H9Cl3N2O2S/c13-8-2-1-3-9(6-8)17-12(14)11(20(15,18)19)10(16-17)7-4-5-7/h1-3,6-7H,4-5H2. The summed E-state index contributed by atoms with van der Waals surface area (Å²) in [6.45, 7) is 0. The highest BCUT2D eigenvalue weighted by Crippen LogP contribution is 2.45. The van der Waals surface area contributed by atoms with Crippen molar-refractivity contribution in [2.24, 2.45) is 0 Å². The first-order valence-electron chi connectivity index (χ1n) is 5.87. The number of benzene rings is 1. The van der Waals surface area contributed by atoms with Crippen molar-refractivity contribution < 1.29 is 8.42 Å². The highest BCUT2D eigenvalue weighted by atomic mass is 35.7. The topological polar surface area (TPSA) is 52.0 Å². The van der Waals surface area contributed by atoms with E-state index in [1.165, 1.54) is 4.68 Å². The van der Waals surface area contributed by atoms with Crippen molar-refractivity contribution in [2.45, 2.75) is 23.7 Å². The Morgan fingerprint density at radius 2 is 1.95 bits per heavy atom. The number of halogens is 3. The Labute approximate surface area is 130 Å². The van der Waals surface area contributed by atoms with Gasteiger partial charge in [-0.1, -0.05) is 29.3 Å². The first-order valence-corrected chi connectivity index (χ1v) is 8.93. The molecule has 1 fully saturated rings. The van der Waals surface area contributed by atoms with Crippen molar-refractivity contribution in [3.05, 3.63) is 40.1 Å². The third-order valence-corrected chi connectivity index (χ3v) is 5.12. The van der Waals surface area contributed by atoms with Crippen LogP contribution in [0.15, 0.2) is 29.2 Å². The van der Waals surface area contributed by atoms with Crippen molar-refractivity contribution in [1.29, 1.82) is 0 Å². The van der Waals surface area contributed by atoms with Crippen LogP contribution in [0.1, 0.15) is 24.5 Å². The van der Waals surface area contributed by atoms with Crippen LogP contribution in [-0.2, 0) is 9.05 Å². The fourth-order valence-electron chi connectivity index (χ4n) is 2.03. The molecule has 1 heterocycles. The lowest BCUT2D eigenvalue weighted by Crippen LogP contribution is -1.97. The molecule has 1 aromatic heterocycles. The fourth-order valence-corrected chi connectivity index (χ4v) is 4.07. The molecule has 0 amide bonds. The Balaban J connectivity index is 2.23. The second-order valence-electron chi connectivity index (χ2n) is 4.61. The lowest BCUT2D eigenvalue weighted by molar-refractivity contribution is 0.608. The monoisotopic (exact) mass is 350 g/mol. The molecule has 0 bridgehead atoms. The highest BCUT2D eigenvalue weighted by Gasteiger charge is 2.36. The minimum Gasteiger partial charge on any atom is -0.220 e. The van der Waals surface area contributed by atoms with Crippen LogP contribution in [-0.4, -0.2) is 18.2 Å². The van der Waals surface area contributed by atoms with Gasteiger partial charge in [0.15, 0.2) is 5.15 Å². The lowest BCUT2D eigenvalue weighted by atomic mass is 10.3. The zero-order chi connectivity index (χ0) is 14.5. The van der Waals surface area contributed by atoms with E-state index in [0.717, 1.165) is 12.8 Å².